The molecular weight excluding hydrogens is 544 g/mol. The van der Waals surface area contributed by atoms with E-state index >= 15 is 0 Å². The van der Waals surface area contributed by atoms with Crippen molar-refractivity contribution in [1.29, 1.82) is 0 Å². The minimum Gasteiger partial charge on any atom is -0.480 e. The van der Waals surface area contributed by atoms with Crippen LogP contribution in [-0.2, 0) is 16.0 Å². The summed E-state index contributed by atoms with van der Waals surface area (Å²) in [5.41, 5.74) is 3.22. The number of carboxylic acids is 1. The van der Waals surface area contributed by atoms with Crippen molar-refractivity contribution in [3.8, 4) is 0 Å². The Morgan fingerprint density at radius 3 is 2.05 bits per heavy atom. The second kappa shape index (κ2) is 13.1. The molecule has 1 atom stereocenters. The highest BCUT2D eigenvalue weighted by Gasteiger charge is 2.24. The predicted molar refractivity (Wildman–Crippen MR) is 166 cm³/mol. The number of anilines is 2. The minimum absolute atomic E-state index is 0.0609. The van der Waals surface area contributed by atoms with Crippen LogP contribution in [0.25, 0.3) is 17.0 Å². The Labute approximate surface area is 247 Å². The lowest BCUT2D eigenvalue weighted by Crippen LogP contribution is -2.42. The van der Waals surface area contributed by atoms with Crippen molar-refractivity contribution in [1.82, 2.24) is 10.3 Å². The Bertz CT molecular complexity index is 1830. The van der Waals surface area contributed by atoms with Crippen LogP contribution in [-0.4, -0.2) is 39.8 Å². The lowest BCUT2D eigenvalue weighted by Gasteiger charge is -2.17. The number of H-pyrrole nitrogens is 1. The second-order valence-corrected chi connectivity index (χ2v) is 9.71. The van der Waals surface area contributed by atoms with Crippen LogP contribution < -0.4 is 16.0 Å². The van der Waals surface area contributed by atoms with Crippen LogP contribution in [0.5, 0.6) is 0 Å². The van der Waals surface area contributed by atoms with Crippen molar-refractivity contribution < 1.29 is 24.3 Å². The van der Waals surface area contributed by atoms with Gasteiger partial charge in [0.2, 0.25) is 5.91 Å². The molecule has 5 N–H and O–H groups in total. The summed E-state index contributed by atoms with van der Waals surface area (Å²) in [6, 6.07) is 28.4. The number of hydrogen-bond donors (Lipinski definition) is 5. The van der Waals surface area contributed by atoms with Gasteiger partial charge in [0.1, 0.15) is 6.04 Å². The lowest BCUT2D eigenvalue weighted by atomic mass is 10.0. The Morgan fingerprint density at radius 2 is 1.33 bits per heavy atom. The van der Waals surface area contributed by atoms with E-state index in [1.807, 2.05) is 54.6 Å². The topological polar surface area (TPSA) is 140 Å². The molecule has 43 heavy (non-hydrogen) atoms. The first kappa shape index (κ1) is 28.6. The number of carboxylic acid groups (broad SMARTS) is 1. The fraction of sp³-hybridized carbons (Fsp3) is 0.0588. The van der Waals surface area contributed by atoms with E-state index in [4.69, 9.17) is 0 Å². The molecule has 0 aliphatic heterocycles. The Hall–Kier alpha value is -5.96. The number of nitrogens with one attached hydrogen (secondary N) is 4. The van der Waals surface area contributed by atoms with Gasteiger partial charge in [-0.05, 0) is 47.5 Å². The normalized spacial score (nSPS) is 11.6. The third-order valence-corrected chi connectivity index (χ3v) is 6.78. The van der Waals surface area contributed by atoms with E-state index in [9.17, 15) is 24.3 Å². The maximum absolute atomic E-state index is 13.3. The summed E-state index contributed by atoms with van der Waals surface area (Å²) in [6.07, 6.45) is 4.83. The van der Waals surface area contributed by atoms with Crippen LogP contribution in [0.3, 0.4) is 0 Å². The molecule has 0 aliphatic carbocycles. The molecule has 5 rings (SSSR count). The Balaban J connectivity index is 1.30. The number of amides is 3. The standard InChI is InChI=1S/C34H28N4O5/c39-31(19-18-22-10-2-1-3-11-22)36-28-16-8-5-13-25(28)32(40)37-29-17-9-6-14-26(29)33(41)38-30(34(42)43)20-23-21-35-27-15-7-4-12-24(23)27/h1-19,21,30,35H,20H2,(H,36,39)(H,37,40)(H,38,41)(H,42,43)/b19-18+. The number of carbonyl (C=O) groups is 4. The molecule has 5 aromatic rings. The first-order valence-corrected chi connectivity index (χ1v) is 13.5. The molecule has 3 amide bonds. The van der Waals surface area contributed by atoms with Gasteiger partial charge in [-0.3, -0.25) is 14.4 Å². The van der Waals surface area contributed by atoms with Crippen molar-refractivity contribution in [2.75, 3.05) is 10.6 Å². The maximum Gasteiger partial charge on any atom is 0.326 e. The summed E-state index contributed by atoms with van der Waals surface area (Å²) in [7, 11) is 0. The van der Waals surface area contributed by atoms with Gasteiger partial charge in [-0.15, -0.1) is 0 Å². The minimum atomic E-state index is -1.21. The number of para-hydroxylation sites is 3. The second-order valence-electron chi connectivity index (χ2n) is 9.71. The molecule has 9 heteroatoms. The van der Waals surface area contributed by atoms with E-state index in [0.29, 0.717) is 0 Å². The zero-order valence-corrected chi connectivity index (χ0v) is 22.9. The molecule has 9 nitrogen and oxygen atoms in total. The maximum atomic E-state index is 13.3. The third-order valence-electron chi connectivity index (χ3n) is 6.78. The van der Waals surface area contributed by atoms with E-state index < -0.39 is 29.7 Å². The van der Waals surface area contributed by atoms with Gasteiger partial charge < -0.3 is 26.0 Å². The van der Waals surface area contributed by atoms with Gasteiger partial charge in [0.05, 0.1) is 22.5 Å². The average Bonchev–Trinajstić information content (AvgIpc) is 3.43. The van der Waals surface area contributed by atoms with E-state index in [-0.39, 0.29) is 28.9 Å². The number of aromatic nitrogens is 1. The first-order valence-electron chi connectivity index (χ1n) is 13.5. The van der Waals surface area contributed by atoms with Crippen LogP contribution in [0.4, 0.5) is 11.4 Å². The summed E-state index contributed by atoms with van der Waals surface area (Å²) in [5, 5.41) is 18.8. The molecule has 1 heterocycles. The number of aromatic amines is 1. The summed E-state index contributed by atoms with van der Waals surface area (Å²) in [6.45, 7) is 0. The fourth-order valence-corrected chi connectivity index (χ4v) is 4.64. The Kier molecular flexibility index (Phi) is 8.73. The van der Waals surface area contributed by atoms with Crippen molar-refractivity contribution in [2.45, 2.75) is 12.5 Å². The number of carbonyl (C=O) groups excluding carboxylic acids is 3. The molecular formula is C34H28N4O5. The van der Waals surface area contributed by atoms with Crippen LogP contribution in [0.1, 0.15) is 31.8 Å². The molecule has 0 saturated heterocycles. The molecule has 0 saturated carbocycles. The number of benzene rings is 4. The van der Waals surface area contributed by atoms with E-state index in [2.05, 4.69) is 20.9 Å². The SMILES string of the molecule is O=C(/C=C/c1ccccc1)Nc1ccccc1C(=O)Nc1ccccc1C(=O)NC(Cc1c[nH]c2ccccc12)C(=O)O. The quantitative estimate of drug-likeness (QED) is 0.141. The summed E-state index contributed by atoms with van der Waals surface area (Å²) >= 11 is 0. The van der Waals surface area contributed by atoms with Gasteiger partial charge in [-0.1, -0.05) is 72.8 Å². The molecule has 0 bridgehead atoms. The summed E-state index contributed by atoms with van der Waals surface area (Å²) < 4.78 is 0. The highest BCUT2D eigenvalue weighted by molar-refractivity contribution is 6.14. The van der Waals surface area contributed by atoms with Crippen LogP contribution >= 0.6 is 0 Å². The van der Waals surface area contributed by atoms with Crippen molar-refractivity contribution in [2.24, 2.45) is 0 Å². The van der Waals surface area contributed by atoms with Crippen LogP contribution in [0, 0.1) is 0 Å². The number of rotatable bonds is 10. The highest BCUT2D eigenvalue weighted by Crippen LogP contribution is 2.22. The fourth-order valence-electron chi connectivity index (χ4n) is 4.64. The van der Waals surface area contributed by atoms with E-state index in [1.54, 1.807) is 54.7 Å². The summed E-state index contributed by atoms with van der Waals surface area (Å²) in [4.78, 5) is 54.4. The van der Waals surface area contributed by atoms with Crippen LogP contribution in [0.2, 0.25) is 0 Å². The van der Waals surface area contributed by atoms with E-state index in [1.165, 1.54) is 12.1 Å². The van der Waals surface area contributed by atoms with Gasteiger partial charge in [-0.25, -0.2) is 4.79 Å². The number of fused-ring (bicyclic) bond motifs is 1. The molecule has 0 fully saturated rings. The van der Waals surface area contributed by atoms with Gasteiger partial charge in [-0.2, -0.15) is 0 Å². The molecule has 0 spiro atoms. The lowest BCUT2D eigenvalue weighted by molar-refractivity contribution is -0.139. The molecule has 214 valence electrons. The number of aliphatic carboxylic acids is 1. The van der Waals surface area contributed by atoms with Crippen molar-refractivity contribution in [3.63, 3.8) is 0 Å². The van der Waals surface area contributed by atoms with Crippen molar-refractivity contribution >= 4 is 52.0 Å². The van der Waals surface area contributed by atoms with Gasteiger partial charge >= 0.3 is 5.97 Å². The van der Waals surface area contributed by atoms with Crippen LogP contribution in [0.15, 0.2) is 115 Å². The number of hydrogen-bond acceptors (Lipinski definition) is 4. The van der Waals surface area contributed by atoms with Gasteiger partial charge in [0.15, 0.2) is 0 Å². The molecule has 0 radical (unpaired) electrons. The largest absolute Gasteiger partial charge is 0.480 e. The third kappa shape index (κ3) is 7.04. The Morgan fingerprint density at radius 1 is 0.721 bits per heavy atom. The predicted octanol–water partition coefficient (Wildman–Crippen LogP) is 5.50. The first-order chi connectivity index (χ1) is 20.9. The molecule has 1 aromatic heterocycles. The molecule has 4 aromatic carbocycles. The monoisotopic (exact) mass is 572 g/mol. The van der Waals surface area contributed by atoms with Gasteiger partial charge in [0, 0.05) is 29.6 Å². The molecule has 1 unspecified atom stereocenters. The zero-order valence-electron chi connectivity index (χ0n) is 22.9. The van der Waals surface area contributed by atoms with Crippen molar-refractivity contribution in [3.05, 3.63) is 138 Å². The van der Waals surface area contributed by atoms with Gasteiger partial charge in [0.25, 0.3) is 11.8 Å². The highest BCUT2D eigenvalue weighted by atomic mass is 16.4. The average molecular weight is 573 g/mol. The smallest absolute Gasteiger partial charge is 0.326 e. The zero-order chi connectivity index (χ0) is 30.2. The van der Waals surface area contributed by atoms with E-state index in [0.717, 1.165) is 22.0 Å². The molecule has 0 aliphatic rings. The summed E-state index contributed by atoms with van der Waals surface area (Å²) in [5.74, 6) is -2.82.